The van der Waals surface area contributed by atoms with Crippen LogP contribution in [0.15, 0.2) is 18.3 Å². The summed E-state index contributed by atoms with van der Waals surface area (Å²) in [5.41, 5.74) is 0.819. The van der Waals surface area contributed by atoms with Gasteiger partial charge in [-0.1, -0.05) is 0 Å². The summed E-state index contributed by atoms with van der Waals surface area (Å²) in [7, 11) is 0. The molecule has 0 radical (unpaired) electrons. The summed E-state index contributed by atoms with van der Waals surface area (Å²) in [6.45, 7) is 8.91. The Kier molecular flexibility index (Phi) is 4.79. The Labute approximate surface area is 182 Å². The Morgan fingerprint density at radius 2 is 2.06 bits per heavy atom. The van der Waals surface area contributed by atoms with E-state index >= 15 is 0 Å². The molecular weight excluding hydrogens is 394 g/mol. The van der Waals surface area contributed by atoms with Gasteiger partial charge in [0.15, 0.2) is 5.82 Å². The minimum absolute atomic E-state index is 0.101. The van der Waals surface area contributed by atoms with Crippen LogP contribution >= 0.6 is 0 Å². The van der Waals surface area contributed by atoms with E-state index in [9.17, 15) is 4.79 Å². The first-order valence-corrected chi connectivity index (χ1v) is 11.2. The second-order valence-corrected chi connectivity index (χ2v) is 10.2. The van der Waals surface area contributed by atoms with Crippen molar-refractivity contribution in [1.29, 1.82) is 0 Å². The number of aromatic amines is 1. The number of ether oxygens (including phenoxy) is 1. The Hall–Kier alpha value is -2.84. The molecule has 2 aromatic heterocycles. The van der Waals surface area contributed by atoms with E-state index in [1.165, 1.54) is 18.5 Å². The normalized spacial score (nSPS) is 20.5. The molecule has 2 N–H and O–H groups in total. The van der Waals surface area contributed by atoms with E-state index in [-0.39, 0.29) is 11.5 Å². The van der Waals surface area contributed by atoms with Crippen LogP contribution in [0.25, 0.3) is 0 Å². The number of nitrogens with zero attached hydrogens (tertiary/aromatic N) is 5. The first-order chi connectivity index (χ1) is 14.8. The number of amides is 1. The van der Waals surface area contributed by atoms with Crippen LogP contribution in [0.4, 0.5) is 22.4 Å². The lowest BCUT2D eigenvalue weighted by Crippen LogP contribution is -2.64. The molecular formula is C22H31N7O2. The van der Waals surface area contributed by atoms with Crippen LogP contribution in [0, 0.1) is 5.41 Å². The van der Waals surface area contributed by atoms with E-state index in [0.29, 0.717) is 11.9 Å². The van der Waals surface area contributed by atoms with Crippen LogP contribution < -0.4 is 10.2 Å². The van der Waals surface area contributed by atoms with Crippen molar-refractivity contribution < 1.29 is 9.53 Å². The highest BCUT2D eigenvalue weighted by molar-refractivity contribution is 5.68. The minimum Gasteiger partial charge on any atom is -0.444 e. The molecule has 9 heteroatoms. The number of hydrogen-bond donors (Lipinski definition) is 2. The van der Waals surface area contributed by atoms with Gasteiger partial charge in [0.1, 0.15) is 11.4 Å². The van der Waals surface area contributed by atoms with Crippen molar-refractivity contribution in [2.75, 3.05) is 36.4 Å². The summed E-state index contributed by atoms with van der Waals surface area (Å²) in [5.74, 6) is 2.87. The number of rotatable bonds is 4. The molecule has 31 heavy (non-hydrogen) atoms. The molecule has 0 bridgehead atoms. The maximum Gasteiger partial charge on any atom is 0.410 e. The highest BCUT2D eigenvalue weighted by atomic mass is 16.6. The predicted octanol–water partition coefficient (Wildman–Crippen LogP) is 3.66. The van der Waals surface area contributed by atoms with Crippen LogP contribution in [-0.4, -0.2) is 62.9 Å². The zero-order chi connectivity index (χ0) is 21.6. The van der Waals surface area contributed by atoms with Gasteiger partial charge in [-0.15, -0.1) is 0 Å². The summed E-state index contributed by atoms with van der Waals surface area (Å²) < 4.78 is 5.58. The molecule has 1 spiro atoms. The van der Waals surface area contributed by atoms with Gasteiger partial charge in [-0.2, -0.15) is 10.1 Å². The van der Waals surface area contributed by atoms with Crippen LogP contribution in [-0.2, 0) is 4.74 Å². The number of hydrogen-bond acceptors (Lipinski definition) is 7. The van der Waals surface area contributed by atoms with Crippen LogP contribution in [0.1, 0.15) is 58.1 Å². The Morgan fingerprint density at radius 1 is 1.26 bits per heavy atom. The highest BCUT2D eigenvalue weighted by Crippen LogP contribution is 2.41. The third-order valence-corrected chi connectivity index (χ3v) is 6.16. The fourth-order valence-corrected chi connectivity index (χ4v) is 4.56. The summed E-state index contributed by atoms with van der Waals surface area (Å²) in [6, 6.07) is 3.92. The average molecular weight is 426 g/mol. The van der Waals surface area contributed by atoms with Crippen molar-refractivity contribution >= 4 is 23.7 Å². The average Bonchev–Trinajstić information content (AvgIpc) is 3.44. The van der Waals surface area contributed by atoms with Crippen LogP contribution in [0.2, 0.25) is 0 Å². The minimum atomic E-state index is -0.470. The topological polar surface area (TPSA) is 99.3 Å². The van der Waals surface area contributed by atoms with Crippen LogP contribution in [0.3, 0.4) is 0 Å². The Balaban J connectivity index is 1.20. The quantitative estimate of drug-likeness (QED) is 0.771. The lowest BCUT2D eigenvalue weighted by Gasteiger charge is -2.54. The second-order valence-electron chi connectivity index (χ2n) is 10.2. The largest absolute Gasteiger partial charge is 0.444 e. The number of carbonyl (C=O) groups is 1. The molecule has 9 nitrogen and oxygen atoms in total. The molecule has 0 unspecified atom stereocenters. The lowest BCUT2D eigenvalue weighted by molar-refractivity contribution is -0.00165. The van der Waals surface area contributed by atoms with Gasteiger partial charge >= 0.3 is 6.09 Å². The van der Waals surface area contributed by atoms with Crippen molar-refractivity contribution in [3.05, 3.63) is 24.0 Å². The van der Waals surface area contributed by atoms with Crippen molar-refractivity contribution in [3.63, 3.8) is 0 Å². The summed E-state index contributed by atoms with van der Waals surface area (Å²) in [4.78, 5) is 25.7. The Morgan fingerprint density at radius 3 is 2.81 bits per heavy atom. The van der Waals surface area contributed by atoms with Crippen molar-refractivity contribution in [3.8, 4) is 0 Å². The monoisotopic (exact) mass is 425 g/mol. The van der Waals surface area contributed by atoms with Gasteiger partial charge in [-0.05, 0) is 52.5 Å². The first-order valence-electron chi connectivity index (χ1n) is 11.2. The first kappa shape index (κ1) is 20.1. The van der Waals surface area contributed by atoms with E-state index in [4.69, 9.17) is 4.74 Å². The SMILES string of the molecule is CC(C)(C)OC(=O)N1CCCC2(C1)CN(c1nccc(Nc3cc(C4CC4)[nH]n3)n1)C2. The van der Waals surface area contributed by atoms with Crippen LogP contribution in [0.5, 0.6) is 0 Å². The molecule has 0 atom stereocenters. The molecule has 1 amide bonds. The lowest BCUT2D eigenvalue weighted by atomic mass is 9.73. The number of H-pyrrole nitrogens is 1. The maximum atomic E-state index is 12.5. The number of likely N-dealkylation sites (tertiary alicyclic amines) is 1. The highest BCUT2D eigenvalue weighted by Gasteiger charge is 2.48. The van der Waals surface area contributed by atoms with E-state index in [1.807, 2.05) is 31.7 Å². The maximum absolute atomic E-state index is 12.5. The molecule has 1 saturated carbocycles. The molecule has 166 valence electrons. The zero-order valence-corrected chi connectivity index (χ0v) is 18.5. The van der Waals surface area contributed by atoms with Gasteiger partial charge in [-0.3, -0.25) is 5.10 Å². The number of carbonyl (C=O) groups excluding carboxylic acids is 1. The molecule has 3 aliphatic rings. The zero-order valence-electron chi connectivity index (χ0n) is 18.5. The van der Waals surface area contributed by atoms with Gasteiger partial charge in [0.05, 0.1) is 0 Å². The summed E-state index contributed by atoms with van der Waals surface area (Å²) in [6.07, 6.45) is 6.15. The Bertz CT molecular complexity index is 957. The van der Waals surface area contributed by atoms with Gasteiger partial charge in [-0.25, -0.2) is 9.78 Å². The molecule has 5 rings (SSSR count). The molecule has 2 saturated heterocycles. The number of nitrogens with one attached hydrogen (secondary N) is 2. The molecule has 4 heterocycles. The van der Waals surface area contributed by atoms with Gasteiger partial charge in [0.2, 0.25) is 5.95 Å². The van der Waals surface area contributed by atoms with Crippen molar-refractivity contribution in [2.45, 2.75) is 58.0 Å². The summed E-state index contributed by atoms with van der Waals surface area (Å²) >= 11 is 0. The van der Waals surface area contributed by atoms with Gasteiger partial charge in [0, 0.05) is 55.5 Å². The molecule has 2 aliphatic heterocycles. The number of piperidine rings is 1. The van der Waals surface area contributed by atoms with E-state index < -0.39 is 5.60 Å². The number of aromatic nitrogens is 4. The van der Waals surface area contributed by atoms with Gasteiger partial charge in [0.25, 0.3) is 0 Å². The molecule has 3 fully saturated rings. The fraction of sp³-hybridized carbons (Fsp3) is 0.636. The standard InChI is InChI=1S/C22H31N7O2/c1-21(2,3)31-20(30)28-10-4-8-22(12-28)13-29(14-22)19-23-9-7-17(25-19)24-18-11-16(26-27-18)15-5-6-15/h7,9,11,15H,4-6,8,10,12-14H2,1-3H3,(H2,23,24,25,26,27). The molecule has 2 aromatic rings. The second kappa shape index (κ2) is 7.39. The number of anilines is 3. The fourth-order valence-electron chi connectivity index (χ4n) is 4.56. The predicted molar refractivity (Wildman–Crippen MR) is 118 cm³/mol. The van der Waals surface area contributed by atoms with E-state index in [2.05, 4.69) is 36.4 Å². The third-order valence-electron chi connectivity index (χ3n) is 6.16. The van der Waals surface area contributed by atoms with Crippen molar-refractivity contribution in [1.82, 2.24) is 25.1 Å². The smallest absolute Gasteiger partial charge is 0.410 e. The summed E-state index contributed by atoms with van der Waals surface area (Å²) in [5, 5.41) is 10.7. The molecule has 1 aliphatic carbocycles. The van der Waals surface area contributed by atoms with Crippen molar-refractivity contribution in [2.24, 2.45) is 5.41 Å². The van der Waals surface area contributed by atoms with E-state index in [0.717, 1.165) is 50.7 Å². The van der Waals surface area contributed by atoms with Gasteiger partial charge < -0.3 is 19.9 Å². The van der Waals surface area contributed by atoms with E-state index in [1.54, 1.807) is 6.20 Å². The third kappa shape index (κ3) is 4.45. The molecule has 0 aromatic carbocycles.